The summed E-state index contributed by atoms with van der Waals surface area (Å²) in [5.74, 6) is 0.537. The van der Waals surface area contributed by atoms with Crippen LogP contribution in [-0.4, -0.2) is 43.9 Å². The van der Waals surface area contributed by atoms with E-state index in [-0.39, 0.29) is 33.6 Å². The van der Waals surface area contributed by atoms with Gasteiger partial charge in [-0.2, -0.15) is 0 Å². The molecule has 2 aromatic rings. The van der Waals surface area contributed by atoms with Gasteiger partial charge in [0, 0.05) is 17.6 Å². The number of halogens is 1. The van der Waals surface area contributed by atoms with Gasteiger partial charge in [0.1, 0.15) is 12.4 Å². The molecule has 0 spiro atoms. The van der Waals surface area contributed by atoms with Gasteiger partial charge in [0.15, 0.2) is 8.32 Å². The molecule has 2 N–H and O–H groups in total. The van der Waals surface area contributed by atoms with Crippen LogP contribution in [0, 0.1) is 0 Å². The molecule has 3 rings (SSSR count). The molecule has 1 saturated heterocycles. The van der Waals surface area contributed by atoms with Gasteiger partial charge in [0.25, 0.3) is 5.24 Å². The van der Waals surface area contributed by atoms with Crippen LogP contribution >= 0.6 is 23.4 Å². The van der Waals surface area contributed by atoms with Crippen molar-refractivity contribution in [2.24, 2.45) is 0 Å². The summed E-state index contributed by atoms with van der Waals surface area (Å²) >= 11 is 7.33. The molecule has 36 heavy (non-hydrogen) atoms. The molecule has 196 valence electrons. The average Bonchev–Trinajstić information content (AvgIpc) is 3.11. The summed E-state index contributed by atoms with van der Waals surface area (Å²) in [6.07, 6.45) is 0.406. The maximum absolute atomic E-state index is 11.8. The van der Waals surface area contributed by atoms with E-state index in [1.54, 1.807) is 0 Å². The van der Waals surface area contributed by atoms with Gasteiger partial charge < -0.3 is 14.5 Å². The van der Waals surface area contributed by atoms with E-state index in [2.05, 4.69) is 57.5 Å². The van der Waals surface area contributed by atoms with Crippen LogP contribution in [-0.2, 0) is 15.6 Å². The van der Waals surface area contributed by atoms with Crippen LogP contribution in [0.2, 0.25) is 23.2 Å². The Kier molecular flexibility index (Phi) is 9.68. The Hall–Kier alpha value is -1.84. The Labute approximate surface area is 225 Å². The topological polar surface area (TPSA) is 76.7 Å². The number of ether oxygens (including phenoxy) is 1. The third kappa shape index (κ3) is 8.08. The molecule has 9 heteroatoms. The number of carbonyl (C=O) groups excluding carboxylic acids is 2. The molecular formula is C27H37ClN2O4SSi. The molecule has 1 heterocycles. The number of benzene rings is 2. The minimum Gasteiger partial charge on any atom is -0.492 e. The van der Waals surface area contributed by atoms with Crippen LogP contribution in [0.5, 0.6) is 5.75 Å². The zero-order valence-electron chi connectivity index (χ0n) is 21.9. The molecule has 1 aliphatic rings. The first-order valence-corrected chi connectivity index (χ1v) is 16.4. The highest BCUT2D eigenvalue weighted by molar-refractivity contribution is 8.15. The van der Waals surface area contributed by atoms with Gasteiger partial charge in [-0.25, -0.2) is 0 Å². The zero-order chi connectivity index (χ0) is 26.5. The second kappa shape index (κ2) is 12.1. The number of hydrogen-bond donors (Lipinski definition) is 2. The summed E-state index contributed by atoms with van der Waals surface area (Å²) in [4.78, 5) is 23.1. The number of imide groups is 1. The lowest BCUT2D eigenvalue weighted by Crippen LogP contribution is -2.44. The molecule has 1 unspecified atom stereocenters. The summed E-state index contributed by atoms with van der Waals surface area (Å²) < 4.78 is 12.8. The van der Waals surface area contributed by atoms with E-state index < -0.39 is 8.32 Å². The molecule has 1 fully saturated rings. The Bertz CT molecular complexity index is 1060. The van der Waals surface area contributed by atoms with E-state index in [1.165, 1.54) is 0 Å². The highest BCUT2D eigenvalue weighted by Crippen LogP contribution is 2.40. The van der Waals surface area contributed by atoms with Crippen LogP contribution < -0.4 is 15.4 Å². The van der Waals surface area contributed by atoms with Crippen LogP contribution in [0.3, 0.4) is 0 Å². The van der Waals surface area contributed by atoms with Crippen LogP contribution in [0.4, 0.5) is 4.79 Å². The maximum atomic E-state index is 11.8. The van der Waals surface area contributed by atoms with Gasteiger partial charge in [-0.05, 0) is 66.9 Å². The molecule has 0 aromatic heterocycles. The fourth-order valence-corrected chi connectivity index (χ4v) is 5.86. The van der Waals surface area contributed by atoms with Gasteiger partial charge >= 0.3 is 0 Å². The number of rotatable bonds is 11. The van der Waals surface area contributed by atoms with Crippen LogP contribution in [0.25, 0.3) is 0 Å². The number of hydrogen-bond acceptors (Lipinski definition) is 6. The van der Waals surface area contributed by atoms with Crippen molar-refractivity contribution in [2.75, 3.05) is 13.2 Å². The zero-order valence-corrected chi connectivity index (χ0v) is 24.5. The first kappa shape index (κ1) is 28.7. The quantitative estimate of drug-likeness (QED) is 0.318. The van der Waals surface area contributed by atoms with E-state index in [0.717, 1.165) is 28.6 Å². The molecule has 0 radical (unpaired) electrons. The van der Waals surface area contributed by atoms with Gasteiger partial charge in [-0.1, -0.05) is 68.4 Å². The molecule has 0 bridgehead atoms. The van der Waals surface area contributed by atoms with E-state index >= 15 is 0 Å². The third-order valence-corrected chi connectivity index (χ3v) is 12.4. The molecule has 2 amide bonds. The fourth-order valence-electron chi connectivity index (χ4n) is 3.52. The standard InChI is InChI=1S/C27H37ClN2O4SSi/c1-18(17-33-22-12-10-19(11-13-22)14-24-25(31)30-26(32)35-24)29-16-23(20-8-7-9-21(28)15-20)34-36(5,6)27(2,3)4/h7-13,15,18,23-24,29H,14,16-17H2,1-6H3,(H,30,31,32)/t18-,23-,24?/m1/s1. The maximum Gasteiger partial charge on any atom is 0.286 e. The third-order valence-electron chi connectivity index (χ3n) is 6.73. The Morgan fingerprint density at radius 3 is 2.42 bits per heavy atom. The smallest absolute Gasteiger partial charge is 0.286 e. The number of amides is 2. The van der Waals surface area contributed by atoms with Crippen molar-refractivity contribution in [3.05, 3.63) is 64.7 Å². The van der Waals surface area contributed by atoms with Crippen LogP contribution in [0.15, 0.2) is 48.5 Å². The lowest BCUT2D eigenvalue weighted by Gasteiger charge is -2.39. The van der Waals surface area contributed by atoms with Gasteiger partial charge in [0.2, 0.25) is 5.91 Å². The predicted molar refractivity (Wildman–Crippen MR) is 150 cm³/mol. The molecule has 1 aliphatic heterocycles. The average molecular weight is 549 g/mol. The highest BCUT2D eigenvalue weighted by atomic mass is 35.5. The normalized spacial score (nSPS) is 18.1. The molecular weight excluding hydrogens is 512 g/mol. The minimum atomic E-state index is -2.00. The summed E-state index contributed by atoms with van der Waals surface area (Å²) in [6, 6.07) is 15.7. The van der Waals surface area contributed by atoms with E-state index in [0.29, 0.717) is 24.6 Å². The second-order valence-corrected chi connectivity index (χ2v) is 17.1. The Morgan fingerprint density at radius 1 is 1.14 bits per heavy atom. The van der Waals surface area contributed by atoms with Crippen LogP contribution in [0.1, 0.15) is 44.9 Å². The van der Waals surface area contributed by atoms with Crippen molar-refractivity contribution < 1.29 is 18.8 Å². The van der Waals surface area contributed by atoms with Crippen molar-refractivity contribution in [1.29, 1.82) is 0 Å². The van der Waals surface area contributed by atoms with Crippen molar-refractivity contribution >= 4 is 42.8 Å². The molecule has 0 saturated carbocycles. The lowest BCUT2D eigenvalue weighted by molar-refractivity contribution is -0.118. The monoisotopic (exact) mass is 548 g/mol. The Morgan fingerprint density at radius 2 is 1.83 bits per heavy atom. The number of carbonyl (C=O) groups is 2. The Balaban J connectivity index is 1.54. The summed E-state index contributed by atoms with van der Waals surface area (Å²) in [7, 11) is -2.00. The molecule has 3 atom stereocenters. The van der Waals surface area contributed by atoms with Crippen molar-refractivity contribution in [2.45, 2.75) is 69.6 Å². The summed E-state index contributed by atoms with van der Waals surface area (Å²) in [5.41, 5.74) is 2.06. The number of nitrogens with one attached hydrogen (secondary N) is 2. The van der Waals surface area contributed by atoms with Crippen molar-refractivity contribution in [3.8, 4) is 5.75 Å². The fraction of sp³-hybridized carbons (Fsp3) is 0.481. The van der Waals surface area contributed by atoms with E-state index in [4.69, 9.17) is 20.8 Å². The van der Waals surface area contributed by atoms with E-state index in [9.17, 15) is 9.59 Å². The van der Waals surface area contributed by atoms with Gasteiger partial charge in [0.05, 0.1) is 11.4 Å². The van der Waals surface area contributed by atoms with Gasteiger partial charge in [-0.15, -0.1) is 0 Å². The highest BCUT2D eigenvalue weighted by Gasteiger charge is 2.39. The van der Waals surface area contributed by atoms with Gasteiger partial charge in [-0.3, -0.25) is 14.9 Å². The van der Waals surface area contributed by atoms with Crippen molar-refractivity contribution in [1.82, 2.24) is 10.6 Å². The second-order valence-electron chi connectivity index (χ2n) is 10.8. The van der Waals surface area contributed by atoms with E-state index in [1.807, 2.05) is 42.5 Å². The SMILES string of the molecule is C[C@H](COc1ccc(CC2SC(=O)NC2=O)cc1)NC[C@@H](O[Si](C)(C)C(C)(C)C)c1cccc(Cl)c1. The largest absolute Gasteiger partial charge is 0.492 e. The molecule has 2 aromatic carbocycles. The lowest BCUT2D eigenvalue weighted by atomic mass is 10.1. The van der Waals surface area contributed by atoms with Crippen molar-refractivity contribution in [3.63, 3.8) is 0 Å². The summed E-state index contributed by atoms with van der Waals surface area (Å²) in [6.45, 7) is 14.5. The predicted octanol–water partition coefficient (Wildman–Crippen LogP) is 6.35. The minimum absolute atomic E-state index is 0.0963. The number of thioether (sulfide) groups is 1. The molecule has 0 aliphatic carbocycles. The summed E-state index contributed by atoms with van der Waals surface area (Å²) in [5, 5.41) is 6.04. The first-order valence-electron chi connectivity index (χ1n) is 12.2. The molecule has 6 nitrogen and oxygen atoms in total. The first-order chi connectivity index (χ1) is 16.8.